The number of carbonyl (C=O) groups is 1. The average Bonchev–Trinajstić information content (AvgIpc) is 3.15. The Bertz CT molecular complexity index is 937. The van der Waals surface area contributed by atoms with Crippen molar-refractivity contribution in [2.45, 2.75) is 33.5 Å². The number of benzene rings is 1. The molecule has 0 aliphatic rings. The minimum absolute atomic E-state index is 0.234. The summed E-state index contributed by atoms with van der Waals surface area (Å²) < 4.78 is 3.59. The maximum absolute atomic E-state index is 12.7. The van der Waals surface area contributed by atoms with Gasteiger partial charge in [0.15, 0.2) is 0 Å². The quantitative estimate of drug-likeness (QED) is 0.676. The summed E-state index contributed by atoms with van der Waals surface area (Å²) in [4.78, 5) is 17.3. The molecule has 2 aromatic heterocycles. The molecule has 0 atom stereocenters. The Balaban J connectivity index is 2.00. The van der Waals surface area contributed by atoms with Gasteiger partial charge in [-0.2, -0.15) is 5.10 Å². The van der Waals surface area contributed by atoms with Crippen molar-refractivity contribution in [2.75, 3.05) is 5.32 Å². The molecule has 0 fully saturated rings. The Morgan fingerprint density at radius 3 is 2.88 bits per heavy atom. The third-order valence-electron chi connectivity index (χ3n) is 4.02. The highest BCUT2D eigenvalue weighted by Crippen LogP contribution is 2.22. The Kier molecular flexibility index (Phi) is 4.67. The van der Waals surface area contributed by atoms with Gasteiger partial charge in [0, 0.05) is 19.6 Å². The number of allylic oxidation sites excluding steroid dienone is 1. The first-order valence-corrected chi connectivity index (χ1v) is 8.23. The molecule has 0 aliphatic heterocycles. The fourth-order valence-electron chi connectivity index (χ4n) is 2.85. The van der Waals surface area contributed by atoms with Crippen molar-refractivity contribution in [1.82, 2.24) is 19.3 Å². The fraction of sp³-hybridized carbons (Fsp3) is 0.278. The van der Waals surface area contributed by atoms with Gasteiger partial charge in [-0.05, 0) is 37.6 Å². The average molecular weight is 338 g/mol. The predicted molar refractivity (Wildman–Crippen MR) is 98.4 cm³/mol. The number of imidazole rings is 1. The van der Waals surface area contributed by atoms with Crippen LogP contribution in [0.25, 0.3) is 11.0 Å². The molecule has 130 valence electrons. The molecule has 7 heteroatoms. The van der Waals surface area contributed by atoms with Crippen LogP contribution in [-0.4, -0.2) is 25.2 Å². The van der Waals surface area contributed by atoms with Crippen LogP contribution in [-0.2, 0) is 19.6 Å². The van der Waals surface area contributed by atoms with Crippen molar-refractivity contribution in [3.63, 3.8) is 0 Å². The number of anilines is 1. The van der Waals surface area contributed by atoms with Crippen molar-refractivity contribution >= 4 is 22.9 Å². The van der Waals surface area contributed by atoms with Gasteiger partial charge in [0.05, 0.1) is 16.7 Å². The van der Waals surface area contributed by atoms with E-state index in [1.165, 1.54) is 0 Å². The SMILES string of the molecule is C=CCn1c(NC(=O)c2cc(C)nn2CC)nc2cc(CN)ccc21. The van der Waals surface area contributed by atoms with Crippen LogP contribution in [0.5, 0.6) is 0 Å². The van der Waals surface area contributed by atoms with Crippen LogP contribution < -0.4 is 11.1 Å². The normalized spacial score (nSPS) is 11.0. The number of carbonyl (C=O) groups excluding carboxylic acids is 1. The van der Waals surface area contributed by atoms with E-state index in [0.717, 1.165) is 22.3 Å². The summed E-state index contributed by atoms with van der Waals surface area (Å²) in [6, 6.07) is 7.63. The summed E-state index contributed by atoms with van der Waals surface area (Å²) in [6.07, 6.45) is 1.77. The summed E-state index contributed by atoms with van der Waals surface area (Å²) >= 11 is 0. The molecule has 2 heterocycles. The van der Waals surface area contributed by atoms with Crippen molar-refractivity contribution < 1.29 is 4.79 Å². The van der Waals surface area contributed by atoms with Gasteiger partial charge in [-0.25, -0.2) is 4.98 Å². The topological polar surface area (TPSA) is 90.8 Å². The molecule has 3 rings (SSSR count). The number of rotatable bonds is 6. The number of amides is 1. The second-order valence-corrected chi connectivity index (χ2v) is 5.80. The van der Waals surface area contributed by atoms with E-state index < -0.39 is 0 Å². The molecule has 0 spiro atoms. The van der Waals surface area contributed by atoms with Crippen molar-refractivity contribution in [3.8, 4) is 0 Å². The smallest absolute Gasteiger partial charge is 0.276 e. The molecule has 0 saturated carbocycles. The molecule has 1 amide bonds. The zero-order valence-corrected chi connectivity index (χ0v) is 14.5. The van der Waals surface area contributed by atoms with Crippen LogP contribution in [0.4, 0.5) is 5.95 Å². The van der Waals surface area contributed by atoms with Crippen LogP contribution in [0.1, 0.15) is 28.7 Å². The van der Waals surface area contributed by atoms with Crippen LogP contribution in [0.3, 0.4) is 0 Å². The van der Waals surface area contributed by atoms with E-state index in [0.29, 0.717) is 31.3 Å². The van der Waals surface area contributed by atoms with E-state index in [1.807, 2.05) is 36.6 Å². The zero-order valence-electron chi connectivity index (χ0n) is 14.5. The molecular formula is C18H22N6O. The zero-order chi connectivity index (χ0) is 18.0. The lowest BCUT2D eigenvalue weighted by atomic mass is 10.2. The van der Waals surface area contributed by atoms with Gasteiger partial charge < -0.3 is 10.3 Å². The Labute approximate surface area is 146 Å². The molecule has 0 saturated heterocycles. The molecule has 0 unspecified atom stereocenters. The minimum atomic E-state index is -0.234. The molecule has 25 heavy (non-hydrogen) atoms. The van der Waals surface area contributed by atoms with Crippen molar-refractivity contribution in [3.05, 3.63) is 53.9 Å². The van der Waals surface area contributed by atoms with E-state index >= 15 is 0 Å². The first kappa shape index (κ1) is 16.9. The second kappa shape index (κ2) is 6.90. The third-order valence-corrected chi connectivity index (χ3v) is 4.02. The second-order valence-electron chi connectivity index (χ2n) is 5.80. The summed E-state index contributed by atoms with van der Waals surface area (Å²) in [7, 11) is 0. The first-order valence-electron chi connectivity index (χ1n) is 8.23. The van der Waals surface area contributed by atoms with E-state index in [2.05, 4.69) is 22.0 Å². The highest BCUT2D eigenvalue weighted by atomic mass is 16.2. The van der Waals surface area contributed by atoms with Crippen LogP contribution in [0.2, 0.25) is 0 Å². The first-order chi connectivity index (χ1) is 12.1. The molecule has 7 nitrogen and oxygen atoms in total. The summed E-state index contributed by atoms with van der Waals surface area (Å²) in [5.41, 5.74) is 9.73. The number of aryl methyl sites for hydroxylation is 2. The van der Waals surface area contributed by atoms with Gasteiger partial charge in [0.1, 0.15) is 5.69 Å². The number of hydrogen-bond acceptors (Lipinski definition) is 4. The number of hydrogen-bond donors (Lipinski definition) is 2. The number of aromatic nitrogens is 4. The Morgan fingerprint density at radius 1 is 1.40 bits per heavy atom. The van der Waals surface area contributed by atoms with Gasteiger partial charge in [-0.15, -0.1) is 6.58 Å². The standard InChI is InChI=1S/C18H22N6O/c1-4-8-23-15-7-6-13(11-19)10-14(15)20-18(23)21-17(25)16-9-12(3)22-24(16)5-2/h4,6-7,9-10H,1,5,8,11,19H2,2-3H3,(H,20,21,25). The van der Waals surface area contributed by atoms with Gasteiger partial charge in [-0.1, -0.05) is 12.1 Å². The molecule has 3 aromatic rings. The highest BCUT2D eigenvalue weighted by molar-refractivity contribution is 6.03. The van der Waals surface area contributed by atoms with Crippen LogP contribution in [0, 0.1) is 6.92 Å². The van der Waals surface area contributed by atoms with Gasteiger partial charge in [0.2, 0.25) is 5.95 Å². The van der Waals surface area contributed by atoms with Gasteiger partial charge in [-0.3, -0.25) is 14.8 Å². The van der Waals surface area contributed by atoms with Crippen molar-refractivity contribution in [1.29, 1.82) is 0 Å². The third kappa shape index (κ3) is 3.18. The number of nitrogens with one attached hydrogen (secondary N) is 1. The molecule has 1 aromatic carbocycles. The van der Waals surface area contributed by atoms with Gasteiger partial charge in [0.25, 0.3) is 5.91 Å². The number of fused-ring (bicyclic) bond motifs is 1. The largest absolute Gasteiger partial charge is 0.326 e. The lowest BCUT2D eigenvalue weighted by molar-refractivity contribution is 0.101. The lowest BCUT2D eigenvalue weighted by Crippen LogP contribution is -2.19. The van der Waals surface area contributed by atoms with Crippen LogP contribution in [0.15, 0.2) is 36.9 Å². The molecule has 0 radical (unpaired) electrons. The van der Waals surface area contributed by atoms with E-state index in [9.17, 15) is 4.79 Å². The lowest BCUT2D eigenvalue weighted by Gasteiger charge is -2.08. The Hall–Kier alpha value is -2.93. The molecule has 3 N–H and O–H groups in total. The molecule has 0 bridgehead atoms. The summed E-state index contributed by atoms with van der Waals surface area (Å²) in [5, 5.41) is 7.21. The summed E-state index contributed by atoms with van der Waals surface area (Å²) in [5.74, 6) is 0.248. The maximum Gasteiger partial charge on any atom is 0.276 e. The number of nitrogens with two attached hydrogens (primary N) is 1. The number of nitrogens with zero attached hydrogens (tertiary/aromatic N) is 4. The van der Waals surface area contributed by atoms with Crippen LogP contribution >= 0.6 is 0 Å². The summed E-state index contributed by atoms with van der Waals surface area (Å²) in [6.45, 7) is 9.22. The monoisotopic (exact) mass is 338 g/mol. The van der Waals surface area contributed by atoms with E-state index in [1.54, 1.807) is 16.8 Å². The Morgan fingerprint density at radius 2 is 2.20 bits per heavy atom. The fourth-order valence-corrected chi connectivity index (χ4v) is 2.85. The predicted octanol–water partition coefficient (Wildman–Crippen LogP) is 2.46. The molecule has 0 aliphatic carbocycles. The maximum atomic E-state index is 12.7. The van der Waals surface area contributed by atoms with E-state index in [4.69, 9.17) is 5.73 Å². The highest BCUT2D eigenvalue weighted by Gasteiger charge is 2.17. The van der Waals surface area contributed by atoms with Crippen molar-refractivity contribution in [2.24, 2.45) is 5.73 Å². The minimum Gasteiger partial charge on any atom is -0.326 e. The van der Waals surface area contributed by atoms with E-state index in [-0.39, 0.29) is 5.91 Å². The molecular weight excluding hydrogens is 316 g/mol. The van der Waals surface area contributed by atoms with Gasteiger partial charge >= 0.3 is 0 Å².